The maximum Gasteiger partial charge on any atom is 0.183 e. The summed E-state index contributed by atoms with van der Waals surface area (Å²) in [5.74, 6) is -0.139. The van der Waals surface area contributed by atoms with Crippen LogP contribution in [0.25, 0.3) is 0 Å². The lowest BCUT2D eigenvalue weighted by molar-refractivity contribution is 0.290. The zero-order valence-electron chi connectivity index (χ0n) is 11.3. The molecule has 0 N–H and O–H groups in total. The molecule has 0 aliphatic rings. The molecule has 0 bridgehead atoms. The molecule has 0 amide bonds. The van der Waals surface area contributed by atoms with Crippen molar-refractivity contribution in [2.75, 3.05) is 0 Å². The molecule has 2 aromatic carbocycles. The van der Waals surface area contributed by atoms with E-state index in [2.05, 4.69) is 0 Å². The van der Waals surface area contributed by atoms with E-state index < -0.39 is 5.82 Å². The zero-order valence-corrected chi connectivity index (χ0v) is 12.8. The average molecular weight is 313 g/mol. The number of hydrogen-bond donors (Lipinski definition) is 0. The van der Waals surface area contributed by atoms with Crippen LogP contribution in [-0.2, 0) is 6.61 Å². The molecular formula is C16H15Cl2FO. The summed E-state index contributed by atoms with van der Waals surface area (Å²) in [6, 6.07) is 10.6. The molecule has 4 heteroatoms. The quantitative estimate of drug-likeness (QED) is 0.689. The Kier molecular flexibility index (Phi) is 4.90. The van der Waals surface area contributed by atoms with Crippen molar-refractivity contribution in [1.29, 1.82) is 0 Å². The number of benzene rings is 2. The molecule has 0 atom stereocenters. The van der Waals surface area contributed by atoms with Crippen molar-refractivity contribution in [2.45, 2.75) is 26.4 Å². The topological polar surface area (TPSA) is 9.23 Å². The van der Waals surface area contributed by atoms with Crippen molar-refractivity contribution in [1.82, 2.24) is 0 Å². The fourth-order valence-electron chi connectivity index (χ4n) is 1.79. The van der Waals surface area contributed by atoms with Gasteiger partial charge in [-0.1, -0.05) is 55.2 Å². The standard InChI is InChI=1S/C16H15Cl2FO/c1-10(2)12-7-14(18)16(19)15(8-12)20-9-11-5-3-4-6-13(11)17/h3-8,10H,9H2,1-2H3. The maximum atomic E-state index is 14.0. The summed E-state index contributed by atoms with van der Waals surface area (Å²) in [6.45, 7) is 4.23. The molecule has 20 heavy (non-hydrogen) atoms. The minimum Gasteiger partial charge on any atom is -0.486 e. The molecule has 1 nitrogen and oxygen atoms in total. The fourth-order valence-corrected chi connectivity index (χ4v) is 2.20. The lowest BCUT2D eigenvalue weighted by atomic mass is 10.0. The van der Waals surface area contributed by atoms with E-state index in [1.54, 1.807) is 18.2 Å². The van der Waals surface area contributed by atoms with Gasteiger partial charge in [0.2, 0.25) is 0 Å². The number of hydrogen-bond acceptors (Lipinski definition) is 1. The van der Waals surface area contributed by atoms with Gasteiger partial charge in [-0.3, -0.25) is 0 Å². The molecule has 0 heterocycles. The van der Waals surface area contributed by atoms with Crippen molar-refractivity contribution < 1.29 is 9.13 Å². The molecule has 0 aliphatic heterocycles. The molecule has 0 saturated heterocycles. The van der Waals surface area contributed by atoms with Gasteiger partial charge in [0.25, 0.3) is 0 Å². The van der Waals surface area contributed by atoms with Crippen molar-refractivity contribution in [3.8, 4) is 5.75 Å². The lowest BCUT2D eigenvalue weighted by Crippen LogP contribution is -2.00. The molecule has 0 unspecified atom stereocenters. The SMILES string of the molecule is CC(C)c1cc(Cl)c(F)c(OCc2ccccc2Cl)c1. The maximum absolute atomic E-state index is 14.0. The summed E-state index contributed by atoms with van der Waals surface area (Å²) in [6.07, 6.45) is 0. The van der Waals surface area contributed by atoms with Gasteiger partial charge in [-0.2, -0.15) is 0 Å². The monoisotopic (exact) mass is 312 g/mol. The van der Waals surface area contributed by atoms with Gasteiger partial charge in [-0.15, -0.1) is 0 Å². The van der Waals surface area contributed by atoms with Crippen LogP contribution in [0.5, 0.6) is 5.75 Å². The van der Waals surface area contributed by atoms with Crippen LogP contribution in [0.15, 0.2) is 36.4 Å². The van der Waals surface area contributed by atoms with E-state index in [0.29, 0.717) is 5.02 Å². The third kappa shape index (κ3) is 3.44. The third-order valence-corrected chi connectivity index (χ3v) is 3.67. The predicted molar refractivity (Wildman–Crippen MR) is 81.3 cm³/mol. The Morgan fingerprint density at radius 1 is 1.10 bits per heavy atom. The summed E-state index contributed by atoms with van der Waals surface area (Å²) in [4.78, 5) is 0. The molecule has 0 radical (unpaired) electrons. The fraction of sp³-hybridized carbons (Fsp3) is 0.250. The Morgan fingerprint density at radius 2 is 1.80 bits per heavy atom. The molecule has 0 aliphatic carbocycles. The Hall–Kier alpha value is -1.25. The van der Waals surface area contributed by atoms with Crippen molar-refractivity contribution >= 4 is 23.2 Å². The van der Waals surface area contributed by atoms with Crippen LogP contribution in [-0.4, -0.2) is 0 Å². The second-order valence-corrected chi connectivity index (χ2v) is 5.66. The molecule has 2 rings (SSSR count). The highest BCUT2D eigenvalue weighted by Gasteiger charge is 2.13. The number of rotatable bonds is 4. The third-order valence-electron chi connectivity index (χ3n) is 3.02. The second-order valence-electron chi connectivity index (χ2n) is 4.85. The molecule has 106 valence electrons. The van der Waals surface area contributed by atoms with Crippen LogP contribution in [0.2, 0.25) is 10.0 Å². The molecule has 0 aromatic heterocycles. The van der Waals surface area contributed by atoms with Crippen molar-refractivity contribution in [3.63, 3.8) is 0 Å². The van der Waals surface area contributed by atoms with Crippen LogP contribution in [0.4, 0.5) is 4.39 Å². The van der Waals surface area contributed by atoms with Crippen LogP contribution < -0.4 is 4.74 Å². The van der Waals surface area contributed by atoms with E-state index >= 15 is 0 Å². The summed E-state index contributed by atoms with van der Waals surface area (Å²) >= 11 is 11.9. The van der Waals surface area contributed by atoms with Gasteiger partial charge in [0.15, 0.2) is 11.6 Å². The van der Waals surface area contributed by atoms with Crippen LogP contribution in [0, 0.1) is 5.82 Å². The van der Waals surface area contributed by atoms with E-state index in [9.17, 15) is 4.39 Å². The van der Waals surface area contributed by atoms with Crippen molar-refractivity contribution in [2.24, 2.45) is 0 Å². The Balaban J connectivity index is 2.23. The van der Waals surface area contributed by atoms with Gasteiger partial charge in [0.1, 0.15) is 6.61 Å². The minimum absolute atomic E-state index is 0.0744. The van der Waals surface area contributed by atoms with E-state index in [1.807, 2.05) is 32.0 Å². The minimum atomic E-state index is -0.539. The highest BCUT2D eigenvalue weighted by atomic mass is 35.5. The second kappa shape index (κ2) is 6.47. The van der Waals surface area contributed by atoms with Gasteiger partial charge in [-0.05, 0) is 29.7 Å². The first-order valence-electron chi connectivity index (χ1n) is 6.34. The first-order valence-corrected chi connectivity index (χ1v) is 7.09. The van der Waals surface area contributed by atoms with E-state index in [4.69, 9.17) is 27.9 Å². The van der Waals surface area contributed by atoms with Gasteiger partial charge >= 0.3 is 0 Å². The van der Waals surface area contributed by atoms with E-state index in [0.717, 1.165) is 11.1 Å². The van der Waals surface area contributed by atoms with Gasteiger partial charge < -0.3 is 4.74 Å². The highest BCUT2D eigenvalue weighted by molar-refractivity contribution is 6.31. The summed E-state index contributed by atoms with van der Waals surface area (Å²) in [5.41, 5.74) is 1.74. The molecule has 0 saturated carbocycles. The summed E-state index contributed by atoms with van der Waals surface area (Å²) < 4.78 is 19.5. The average Bonchev–Trinajstić information content (AvgIpc) is 2.41. The molecule has 0 spiro atoms. The van der Waals surface area contributed by atoms with Gasteiger partial charge in [0, 0.05) is 10.6 Å². The van der Waals surface area contributed by atoms with E-state index in [-0.39, 0.29) is 23.3 Å². The smallest absolute Gasteiger partial charge is 0.183 e. The number of halogens is 3. The van der Waals surface area contributed by atoms with Crippen LogP contribution in [0.3, 0.4) is 0 Å². The Bertz CT molecular complexity index is 611. The van der Waals surface area contributed by atoms with E-state index in [1.165, 1.54) is 0 Å². The Labute approximate surface area is 128 Å². The summed E-state index contributed by atoms with van der Waals surface area (Å²) in [7, 11) is 0. The first-order chi connectivity index (χ1) is 9.49. The molecular weight excluding hydrogens is 298 g/mol. The normalized spacial score (nSPS) is 10.9. The first kappa shape index (κ1) is 15.1. The largest absolute Gasteiger partial charge is 0.486 e. The van der Waals surface area contributed by atoms with Crippen LogP contribution in [0.1, 0.15) is 30.9 Å². The van der Waals surface area contributed by atoms with Crippen LogP contribution >= 0.6 is 23.2 Å². The highest BCUT2D eigenvalue weighted by Crippen LogP contribution is 2.31. The van der Waals surface area contributed by atoms with Gasteiger partial charge in [-0.25, -0.2) is 4.39 Å². The number of ether oxygens (including phenoxy) is 1. The molecule has 0 fully saturated rings. The lowest BCUT2D eigenvalue weighted by Gasteiger charge is -2.13. The van der Waals surface area contributed by atoms with Gasteiger partial charge in [0.05, 0.1) is 5.02 Å². The zero-order chi connectivity index (χ0) is 14.7. The summed E-state index contributed by atoms with van der Waals surface area (Å²) in [5, 5.41) is 0.671. The predicted octanol–water partition coefficient (Wildman–Crippen LogP) is 5.83. The van der Waals surface area contributed by atoms with Crippen molar-refractivity contribution in [3.05, 3.63) is 63.4 Å². The molecule has 2 aromatic rings. The Morgan fingerprint density at radius 3 is 2.45 bits per heavy atom.